The van der Waals surface area contributed by atoms with E-state index in [1.807, 2.05) is 12.1 Å². The van der Waals surface area contributed by atoms with Crippen LogP contribution in [0.1, 0.15) is 24.1 Å². The first-order chi connectivity index (χ1) is 7.22. The molecule has 1 rings (SSSR count). The Balaban J connectivity index is 2.16. The summed E-state index contributed by atoms with van der Waals surface area (Å²) in [6.07, 6.45) is 2.36. The molecule has 3 nitrogen and oxygen atoms in total. The maximum atomic E-state index is 11.3. The van der Waals surface area contributed by atoms with Crippen LogP contribution in [0.25, 0.3) is 0 Å². The molecule has 0 spiro atoms. The monoisotopic (exact) mass is 290 g/mol. The van der Waals surface area contributed by atoms with Gasteiger partial charge >= 0.3 is 0 Å². The highest BCUT2D eigenvalue weighted by molar-refractivity contribution is 9.11. The van der Waals surface area contributed by atoms with E-state index in [2.05, 4.69) is 21.2 Å². The summed E-state index contributed by atoms with van der Waals surface area (Å²) < 4.78 is 1.09. The van der Waals surface area contributed by atoms with Crippen LogP contribution in [0.5, 0.6) is 0 Å². The molecule has 0 unspecified atom stereocenters. The molecule has 15 heavy (non-hydrogen) atoms. The van der Waals surface area contributed by atoms with E-state index in [4.69, 9.17) is 5.73 Å². The number of hydrogen-bond donors (Lipinski definition) is 2. The number of hydrogen-bond acceptors (Lipinski definition) is 3. The summed E-state index contributed by atoms with van der Waals surface area (Å²) in [5.41, 5.74) is 5.35. The maximum absolute atomic E-state index is 11.3. The van der Waals surface area contributed by atoms with E-state index in [-0.39, 0.29) is 5.91 Å². The zero-order chi connectivity index (χ0) is 11.1. The Morgan fingerprint density at radius 3 is 2.87 bits per heavy atom. The number of amides is 1. The molecular weight excluding hydrogens is 276 g/mol. The van der Waals surface area contributed by atoms with Gasteiger partial charge in [-0.15, -0.1) is 11.3 Å². The van der Waals surface area contributed by atoms with Crippen LogP contribution in [0.15, 0.2) is 15.9 Å². The number of thiophene rings is 1. The highest BCUT2D eigenvalue weighted by Crippen LogP contribution is 2.21. The summed E-state index contributed by atoms with van der Waals surface area (Å²) >= 11 is 5.02. The summed E-state index contributed by atoms with van der Waals surface area (Å²) in [6, 6.07) is 4.00. The van der Waals surface area contributed by atoms with Crippen LogP contribution < -0.4 is 11.1 Å². The Labute approximate surface area is 102 Å². The number of unbranched alkanes of at least 4 members (excludes halogenated alkanes) is 1. The first kappa shape index (κ1) is 12.7. The van der Waals surface area contributed by atoms with E-state index >= 15 is 0 Å². The molecule has 0 atom stereocenters. The number of carbonyl (C=O) groups excluding carboxylic acids is 1. The molecule has 0 aliphatic heterocycles. The number of nitrogens with one attached hydrogen (secondary N) is 1. The lowest BCUT2D eigenvalue weighted by Gasteiger charge is -2.02. The second-order valence-corrected chi connectivity index (χ2v) is 5.78. The van der Waals surface area contributed by atoms with Gasteiger partial charge in [-0.2, -0.15) is 0 Å². The number of nitrogens with two attached hydrogens (primary N) is 1. The fourth-order valence-corrected chi connectivity index (χ4v) is 2.57. The fraction of sp³-hybridized carbons (Fsp3) is 0.500. The third-order valence-corrected chi connectivity index (χ3v) is 3.57. The predicted octanol–water partition coefficient (Wildman–Crippen LogP) is 2.26. The zero-order valence-corrected chi connectivity index (χ0v) is 10.9. The van der Waals surface area contributed by atoms with Crippen molar-refractivity contribution >= 4 is 33.2 Å². The predicted molar refractivity (Wildman–Crippen MR) is 66.8 cm³/mol. The van der Waals surface area contributed by atoms with Gasteiger partial charge in [0.2, 0.25) is 5.91 Å². The molecule has 84 valence electrons. The van der Waals surface area contributed by atoms with E-state index in [1.165, 1.54) is 0 Å². The Kier molecular flexibility index (Phi) is 5.90. The molecule has 0 aliphatic rings. The average Bonchev–Trinajstić information content (AvgIpc) is 2.62. The second-order valence-electron chi connectivity index (χ2n) is 3.23. The van der Waals surface area contributed by atoms with E-state index in [0.29, 0.717) is 19.5 Å². The van der Waals surface area contributed by atoms with Crippen molar-refractivity contribution in [3.05, 3.63) is 20.8 Å². The van der Waals surface area contributed by atoms with Crippen molar-refractivity contribution in [3.63, 3.8) is 0 Å². The Bertz CT molecular complexity index is 314. The van der Waals surface area contributed by atoms with Gasteiger partial charge in [-0.25, -0.2) is 0 Å². The van der Waals surface area contributed by atoms with Gasteiger partial charge in [0, 0.05) is 11.3 Å². The highest BCUT2D eigenvalue weighted by Gasteiger charge is 2.02. The molecule has 0 aromatic carbocycles. The largest absolute Gasteiger partial charge is 0.351 e. The third-order valence-electron chi connectivity index (χ3n) is 1.95. The molecule has 3 N–H and O–H groups in total. The minimum absolute atomic E-state index is 0.105. The smallest absolute Gasteiger partial charge is 0.220 e. The van der Waals surface area contributed by atoms with Crippen molar-refractivity contribution in [2.75, 3.05) is 6.54 Å². The number of carbonyl (C=O) groups is 1. The molecule has 1 aromatic heterocycles. The van der Waals surface area contributed by atoms with Crippen LogP contribution in [-0.2, 0) is 11.3 Å². The van der Waals surface area contributed by atoms with Crippen molar-refractivity contribution in [1.82, 2.24) is 5.32 Å². The Morgan fingerprint density at radius 1 is 1.47 bits per heavy atom. The topological polar surface area (TPSA) is 55.1 Å². The van der Waals surface area contributed by atoms with Crippen LogP contribution >= 0.6 is 27.3 Å². The van der Waals surface area contributed by atoms with Crippen molar-refractivity contribution < 1.29 is 4.79 Å². The molecular formula is C10H15BrN2OS. The van der Waals surface area contributed by atoms with Crippen molar-refractivity contribution in [2.24, 2.45) is 5.73 Å². The van der Waals surface area contributed by atoms with E-state index < -0.39 is 0 Å². The van der Waals surface area contributed by atoms with Crippen LogP contribution in [0.4, 0.5) is 0 Å². The van der Waals surface area contributed by atoms with Gasteiger partial charge in [-0.3, -0.25) is 4.79 Å². The summed E-state index contributed by atoms with van der Waals surface area (Å²) in [4.78, 5) is 12.5. The average molecular weight is 291 g/mol. The Hall–Kier alpha value is -0.390. The van der Waals surface area contributed by atoms with Gasteiger partial charge in [0.25, 0.3) is 0 Å². The van der Waals surface area contributed by atoms with Crippen molar-refractivity contribution in [2.45, 2.75) is 25.8 Å². The maximum Gasteiger partial charge on any atom is 0.220 e. The van der Waals surface area contributed by atoms with E-state index in [9.17, 15) is 4.79 Å². The van der Waals surface area contributed by atoms with Crippen LogP contribution in [-0.4, -0.2) is 12.5 Å². The second kappa shape index (κ2) is 6.98. The van der Waals surface area contributed by atoms with Crippen molar-refractivity contribution in [3.8, 4) is 0 Å². The van der Waals surface area contributed by atoms with Gasteiger partial charge in [-0.05, 0) is 47.4 Å². The molecule has 0 bridgehead atoms. The highest BCUT2D eigenvalue weighted by atomic mass is 79.9. The summed E-state index contributed by atoms with van der Waals surface area (Å²) in [5, 5.41) is 2.88. The lowest BCUT2D eigenvalue weighted by atomic mass is 10.2. The van der Waals surface area contributed by atoms with E-state index in [0.717, 1.165) is 21.5 Å². The van der Waals surface area contributed by atoms with Crippen LogP contribution in [0, 0.1) is 0 Å². The van der Waals surface area contributed by atoms with Crippen LogP contribution in [0.3, 0.4) is 0 Å². The van der Waals surface area contributed by atoms with Crippen molar-refractivity contribution in [1.29, 1.82) is 0 Å². The summed E-state index contributed by atoms with van der Waals surface area (Å²) in [6.45, 7) is 1.28. The molecule has 5 heteroatoms. The van der Waals surface area contributed by atoms with Gasteiger partial charge in [-0.1, -0.05) is 0 Å². The molecule has 0 saturated carbocycles. The molecule has 0 aliphatic carbocycles. The zero-order valence-electron chi connectivity index (χ0n) is 8.46. The first-order valence-electron chi connectivity index (χ1n) is 4.93. The molecule has 0 fully saturated rings. The summed E-state index contributed by atoms with van der Waals surface area (Å²) in [5.74, 6) is 0.105. The number of halogens is 1. The fourth-order valence-electron chi connectivity index (χ4n) is 1.15. The quantitative estimate of drug-likeness (QED) is 0.790. The SMILES string of the molecule is NCCCCC(=O)NCc1ccc(Br)s1. The molecule has 0 saturated heterocycles. The molecule has 1 amide bonds. The molecule has 1 heterocycles. The molecule has 0 radical (unpaired) electrons. The number of rotatable bonds is 6. The van der Waals surface area contributed by atoms with Gasteiger partial charge in [0.1, 0.15) is 0 Å². The standard InChI is InChI=1S/C10H15BrN2OS/c11-9-5-4-8(15-9)7-13-10(14)3-1-2-6-12/h4-5H,1-3,6-7,12H2,(H,13,14). The van der Waals surface area contributed by atoms with Gasteiger partial charge in [0.15, 0.2) is 0 Å². The summed E-state index contributed by atoms with van der Waals surface area (Å²) in [7, 11) is 0. The third kappa shape index (κ3) is 5.30. The normalized spacial score (nSPS) is 10.3. The lowest BCUT2D eigenvalue weighted by Crippen LogP contribution is -2.22. The van der Waals surface area contributed by atoms with E-state index in [1.54, 1.807) is 11.3 Å². The minimum Gasteiger partial charge on any atom is -0.351 e. The van der Waals surface area contributed by atoms with Crippen LogP contribution in [0.2, 0.25) is 0 Å². The molecule has 1 aromatic rings. The minimum atomic E-state index is 0.105. The lowest BCUT2D eigenvalue weighted by molar-refractivity contribution is -0.121. The van der Waals surface area contributed by atoms with Gasteiger partial charge < -0.3 is 11.1 Å². The van der Waals surface area contributed by atoms with Gasteiger partial charge in [0.05, 0.1) is 10.3 Å². The Morgan fingerprint density at radius 2 is 2.27 bits per heavy atom. The first-order valence-corrected chi connectivity index (χ1v) is 6.54.